The first-order chi connectivity index (χ1) is 16.1. The van der Waals surface area contributed by atoms with E-state index in [4.69, 9.17) is 16.3 Å². The minimum Gasteiger partial charge on any atom is -0.496 e. The summed E-state index contributed by atoms with van der Waals surface area (Å²) in [5.41, 5.74) is 1.75. The molecule has 2 saturated heterocycles. The van der Waals surface area contributed by atoms with E-state index in [9.17, 15) is 9.59 Å². The number of methoxy groups -OCH3 is 1. The number of rotatable bonds is 7. The molecular weight excluding hydrogens is 438 g/mol. The highest BCUT2D eigenvalue weighted by atomic mass is 35.5. The SMILES string of the molecule is COc1ccccc1[C@@H](CNC(=O)C1CCN(C(=O)c2ccc(Cl)cc2)CC1)N1CCCC1. The number of nitrogens with one attached hydrogen (secondary N) is 1. The maximum absolute atomic E-state index is 13.0. The number of benzene rings is 2. The second-order valence-corrected chi connectivity index (χ2v) is 9.26. The van der Waals surface area contributed by atoms with Gasteiger partial charge in [0.25, 0.3) is 5.91 Å². The summed E-state index contributed by atoms with van der Waals surface area (Å²) in [6, 6.07) is 15.1. The summed E-state index contributed by atoms with van der Waals surface area (Å²) in [6.07, 6.45) is 3.71. The van der Waals surface area contributed by atoms with Gasteiger partial charge < -0.3 is 15.0 Å². The Morgan fingerprint density at radius 1 is 1.03 bits per heavy atom. The third kappa shape index (κ3) is 5.68. The molecule has 7 heteroatoms. The molecule has 4 rings (SSSR count). The molecule has 33 heavy (non-hydrogen) atoms. The number of hydrogen-bond acceptors (Lipinski definition) is 4. The maximum Gasteiger partial charge on any atom is 0.253 e. The minimum atomic E-state index is -0.0730. The van der Waals surface area contributed by atoms with Gasteiger partial charge in [-0.1, -0.05) is 29.8 Å². The van der Waals surface area contributed by atoms with E-state index in [1.807, 2.05) is 23.1 Å². The summed E-state index contributed by atoms with van der Waals surface area (Å²) < 4.78 is 5.60. The second-order valence-electron chi connectivity index (χ2n) is 8.82. The van der Waals surface area contributed by atoms with Crippen molar-refractivity contribution in [3.05, 3.63) is 64.7 Å². The lowest BCUT2D eigenvalue weighted by molar-refractivity contribution is -0.126. The van der Waals surface area contributed by atoms with Crippen LogP contribution in [0.4, 0.5) is 0 Å². The minimum absolute atomic E-state index is 0.00389. The lowest BCUT2D eigenvalue weighted by atomic mass is 9.95. The molecule has 0 bridgehead atoms. The lowest BCUT2D eigenvalue weighted by Crippen LogP contribution is -2.44. The molecule has 2 aromatic rings. The van der Waals surface area contributed by atoms with E-state index in [1.54, 1.807) is 31.4 Å². The van der Waals surface area contributed by atoms with Crippen LogP contribution < -0.4 is 10.1 Å². The van der Waals surface area contributed by atoms with Crippen LogP contribution in [0.3, 0.4) is 0 Å². The fourth-order valence-electron chi connectivity index (χ4n) is 4.89. The van der Waals surface area contributed by atoms with Crippen molar-refractivity contribution >= 4 is 23.4 Å². The standard InChI is InChI=1S/C26H32ClN3O3/c1-33-24-7-3-2-6-22(24)23(29-14-4-5-15-29)18-28-25(31)19-12-16-30(17-13-19)26(32)20-8-10-21(27)11-9-20/h2-3,6-11,19,23H,4-5,12-18H2,1H3,(H,28,31)/t23-/m1/s1. The van der Waals surface area contributed by atoms with Crippen LogP contribution in [-0.4, -0.2) is 61.4 Å². The molecule has 2 aliphatic heterocycles. The lowest BCUT2D eigenvalue weighted by Gasteiger charge is -2.33. The van der Waals surface area contributed by atoms with Crippen molar-refractivity contribution in [1.82, 2.24) is 15.1 Å². The highest BCUT2D eigenvalue weighted by Gasteiger charge is 2.30. The predicted molar refractivity (Wildman–Crippen MR) is 130 cm³/mol. The van der Waals surface area contributed by atoms with Gasteiger partial charge in [-0.25, -0.2) is 0 Å². The van der Waals surface area contributed by atoms with E-state index in [-0.39, 0.29) is 23.8 Å². The molecule has 2 amide bonds. The van der Waals surface area contributed by atoms with Crippen LogP contribution in [0, 0.1) is 5.92 Å². The Morgan fingerprint density at radius 2 is 1.70 bits per heavy atom. The summed E-state index contributed by atoms with van der Waals surface area (Å²) in [4.78, 5) is 30.0. The van der Waals surface area contributed by atoms with Crippen LogP contribution in [0.5, 0.6) is 5.75 Å². The first kappa shape index (κ1) is 23.6. The Labute approximate surface area is 200 Å². The Hall–Kier alpha value is -2.57. The molecule has 0 saturated carbocycles. The van der Waals surface area contributed by atoms with Crippen molar-refractivity contribution in [3.8, 4) is 5.75 Å². The highest BCUT2D eigenvalue weighted by molar-refractivity contribution is 6.30. The summed E-state index contributed by atoms with van der Waals surface area (Å²) in [6.45, 7) is 3.79. The summed E-state index contributed by atoms with van der Waals surface area (Å²) in [7, 11) is 1.69. The molecule has 2 aromatic carbocycles. The largest absolute Gasteiger partial charge is 0.496 e. The normalized spacial score (nSPS) is 18.2. The van der Waals surface area contributed by atoms with Crippen LogP contribution in [-0.2, 0) is 4.79 Å². The number of hydrogen-bond donors (Lipinski definition) is 1. The first-order valence-electron chi connectivity index (χ1n) is 11.8. The zero-order chi connectivity index (χ0) is 23.2. The predicted octanol–water partition coefficient (Wildman–Crippen LogP) is 4.15. The van der Waals surface area contributed by atoms with Gasteiger partial charge in [-0.3, -0.25) is 14.5 Å². The Morgan fingerprint density at radius 3 is 2.36 bits per heavy atom. The molecule has 0 aliphatic carbocycles. The van der Waals surface area contributed by atoms with E-state index in [0.717, 1.165) is 24.4 Å². The molecule has 2 fully saturated rings. The van der Waals surface area contributed by atoms with Crippen molar-refractivity contribution < 1.29 is 14.3 Å². The molecule has 2 aliphatic rings. The van der Waals surface area contributed by atoms with Gasteiger partial charge in [-0.15, -0.1) is 0 Å². The molecule has 2 heterocycles. The summed E-state index contributed by atoms with van der Waals surface area (Å²) in [5.74, 6) is 0.859. The van der Waals surface area contributed by atoms with Crippen LogP contribution in [0.2, 0.25) is 5.02 Å². The number of nitrogens with zero attached hydrogens (tertiary/aromatic N) is 2. The summed E-state index contributed by atoms with van der Waals surface area (Å²) >= 11 is 5.93. The number of carbonyl (C=O) groups excluding carboxylic acids is 2. The maximum atomic E-state index is 13.0. The van der Waals surface area contributed by atoms with Gasteiger partial charge >= 0.3 is 0 Å². The van der Waals surface area contributed by atoms with Gasteiger partial charge in [0, 0.05) is 41.7 Å². The number of para-hydroxylation sites is 1. The Balaban J connectivity index is 1.34. The number of carbonyl (C=O) groups is 2. The highest BCUT2D eigenvalue weighted by Crippen LogP contribution is 2.31. The van der Waals surface area contributed by atoms with E-state index >= 15 is 0 Å². The number of halogens is 1. The third-order valence-electron chi connectivity index (χ3n) is 6.79. The van der Waals surface area contributed by atoms with Crippen LogP contribution in [0.25, 0.3) is 0 Å². The van der Waals surface area contributed by atoms with Crippen LogP contribution in [0.15, 0.2) is 48.5 Å². The Kier molecular flexibility index (Phi) is 7.89. The van der Waals surface area contributed by atoms with Crippen molar-refractivity contribution in [3.63, 3.8) is 0 Å². The quantitative estimate of drug-likeness (QED) is 0.661. The molecule has 0 unspecified atom stereocenters. The molecule has 1 atom stereocenters. The second kappa shape index (κ2) is 11.0. The van der Waals surface area contributed by atoms with Crippen molar-refractivity contribution in [2.24, 2.45) is 5.92 Å². The van der Waals surface area contributed by atoms with Crippen molar-refractivity contribution in [2.75, 3.05) is 39.8 Å². The molecule has 176 valence electrons. The van der Waals surface area contributed by atoms with E-state index < -0.39 is 0 Å². The van der Waals surface area contributed by atoms with Crippen LogP contribution in [0.1, 0.15) is 47.6 Å². The van der Waals surface area contributed by atoms with Gasteiger partial charge in [0.2, 0.25) is 5.91 Å². The smallest absolute Gasteiger partial charge is 0.253 e. The number of likely N-dealkylation sites (tertiary alicyclic amines) is 2. The number of ether oxygens (including phenoxy) is 1. The third-order valence-corrected chi connectivity index (χ3v) is 7.05. The topological polar surface area (TPSA) is 61.9 Å². The van der Waals surface area contributed by atoms with E-state index in [0.29, 0.717) is 43.1 Å². The zero-order valence-corrected chi connectivity index (χ0v) is 19.9. The van der Waals surface area contributed by atoms with Crippen molar-refractivity contribution in [2.45, 2.75) is 31.7 Å². The van der Waals surface area contributed by atoms with Gasteiger partial charge in [-0.2, -0.15) is 0 Å². The van der Waals surface area contributed by atoms with E-state index in [2.05, 4.69) is 16.3 Å². The molecule has 1 N–H and O–H groups in total. The molecule has 0 radical (unpaired) electrons. The fourth-order valence-corrected chi connectivity index (χ4v) is 5.02. The monoisotopic (exact) mass is 469 g/mol. The molecular formula is C26H32ClN3O3. The van der Waals surface area contributed by atoms with Gasteiger partial charge in [-0.05, 0) is 69.1 Å². The Bertz CT molecular complexity index is 952. The van der Waals surface area contributed by atoms with Crippen LogP contribution >= 0.6 is 11.6 Å². The van der Waals surface area contributed by atoms with Crippen molar-refractivity contribution in [1.29, 1.82) is 0 Å². The molecule has 6 nitrogen and oxygen atoms in total. The fraction of sp³-hybridized carbons (Fsp3) is 0.462. The average Bonchev–Trinajstić information content (AvgIpc) is 3.39. The summed E-state index contributed by atoms with van der Waals surface area (Å²) in [5, 5.41) is 3.82. The molecule has 0 spiro atoms. The van der Waals surface area contributed by atoms with Gasteiger partial charge in [0.15, 0.2) is 0 Å². The molecule has 0 aromatic heterocycles. The number of piperidine rings is 1. The van der Waals surface area contributed by atoms with Gasteiger partial charge in [0.05, 0.1) is 13.2 Å². The number of amides is 2. The first-order valence-corrected chi connectivity index (χ1v) is 12.1. The average molecular weight is 470 g/mol. The van der Waals surface area contributed by atoms with E-state index in [1.165, 1.54) is 12.8 Å². The zero-order valence-electron chi connectivity index (χ0n) is 19.1. The van der Waals surface area contributed by atoms with Gasteiger partial charge in [0.1, 0.15) is 5.75 Å².